The highest BCUT2D eigenvalue weighted by Crippen LogP contribution is 2.74. The van der Waals surface area contributed by atoms with Crippen LogP contribution < -0.4 is 21.3 Å². The van der Waals surface area contributed by atoms with Crippen molar-refractivity contribution in [1.82, 2.24) is 26.2 Å². The van der Waals surface area contributed by atoms with Crippen molar-refractivity contribution in [1.29, 1.82) is 0 Å². The second kappa shape index (κ2) is 14.8. The Bertz CT molecular complexity index is 1610. The van der Waals surface area contributed by atoms with Gasteiger partial charge < -0.3 is 26.2 Å². The molecule has 0 radical (unpaired) electrons. The first kappa shape index (κ1) is 41.0. The number of nitrogens with one attached hydrogen (secondary N) is 4. The number of ketones is 1. The molecular formula is C40H63N5O7S. The van der Waals surface area contributed by atoms with Gasteiger partial charge in [-0.05, 0) is 75.0 Å². The fraction of sp³-hybridized carbons (Fsp3) is 0.825. The van der Waals surface area contributed by atoms with Crippen molar-refractivity contribution in [3.8, 4) is 12.3 Å². The van der Waals surface area contributed by atoms with E-state index in [1.165, 1.54) is 0 Å². The van der Waals surface area contributed by atoms with Gasteiger partial charge in [0.2, 0.25) is 17.6 Å². The third-order valence-corrected chi connectivity index (χ3v) is 16.6. The SMILES string of the molecule is C#CCNC(=O)C(=O)C(CC1CC1)NC(=O)C1C2C(C)(C)C2(C)CN1C(=O)[C@@H](NC(=O)NC1(CS(=O)(=O)C(C)(C)C)CCCCC1)C1(C)CCCCC1. The normalized spacial score (nSPS) is 28.3. The Kier molecular flexibility index (Phi) is 11.5. The van der Waals surface area contributed by atoms with Crippen LogP contribution in [0.2, 0.25) is 0 Å². The van der Waals surface area contributed by atoms with Crippen LogP contribution in [0.1, 0.15) is 132 Å². The van der Waals surface area contributed by atoms with E-state index in [9.17, 15) is 27.6 Å². The summed E-state index contributed by atoms with van der Waals surface area (Å²) in [4.78, 5) is 71.2. The number of carbonyl (C=O) groups is 5. The highest BCUT2D eigenvalue weighted by atomic mass is 32.2. The zero-order valence-corrected chi connectivity index (χ0v) is 33.8. The molecule has 4 saturated carbocycles. The Balaban J connectivity index is 1.42. The number of hydrogen-bond donors (Lipinski definition) is 4. The number of sulfone groups is 1. The van der Waals surface area contributed by atoms with Gasteiger partial charge in [-0.15, -0.1) is 6.42 Å². The number of urea groups is 1. The Morgan fingerprint density at radius 2 is 1.47 bits per heavy atom. The lowest BCUT2D eigenvalue weighted by Gasteiger charge is -2.44. The van der Waals surface area contributed by atoms with E-state index in [-0.39, 0.29) is 40.9 Å². The molecule has 1 aliphatic heterocycles. The highest BCUT2D eigenvalue weighted by Gasteiger charge is 2.77. The van der Waals surface area contributed by atoms with Crippen molar-refractivity contribution in [2.75, 3.05) is 18.8 Å². The minimum atomic E-state index is -3.58. The molecule has 1 saturated heterocycles. The average Bonchev–Trinajstić information content (AvgIpc) is 3.92. The van der Waals surface area contributed by atoms with Gasteiger partial charge in [0.15, 0.2) is 9.84 Å². The lowest BCUT2D eigenvalue weighted by Crippen LogP contribution is -2.65. The Labute approximate surface area is 316 Å². The van der Waals surface area contributed by atoms with Gasteiger partial charge in [0.25, 0.3) is 5.91 Å². The van der Waals surface area contributed by atoms with E-state index in [4.69, 9.17) is 6.42 Å². The molecule has 0 aromatic carbocycles. The maximum atomic E-state index is 15.0. The van der Waals surface area contributed by atoms with E-state index in [2.05, 4.69) is 48.0 Å². The van der Waals surface area contributed by atoms with Gasteiger partial charge in [-0.3, -0.25) is 19.2 Å². The Morgan fingerprint density at radius 1 is 0.887 bits per heavy atom. The smallest absolute Gasteiger partial charge is 0.315 e. The van der Waals surface area contributed by atoms with Crippen molar-refractivity contribution < 1.29 is 32.4 Å². The molecule has 5 atom stereocenters. The number of nitrogens with zero attached hydrogens (tertiary/aromatic N) is 1. The first-order chi connectivity index (χ1) is 24.6. The van der Waals surface area contributed by atoms with Crippen LogP contribution in [0, 0.1) is 40.4 Å². The summed E-state index contributed by atoms with van der Waals surface area (Å²) < 4.78 is 25.9. The number of carbonyl (C=O) groups excluding carboxylic acids is 5. The summed E-state index contributed by atoms with van der Waals surface area (Å²) in [5, 5.41) is 11.5. The van der Waals surface area contributed by atoms with Gasteiger partial charge in [-0.1, -0.05) is 85.0 Å². The molecule has 296 valence electrons. The molecular weight excluding hydrogens is 695 g/mol. The molecule has 4 N–H and O–H groups in total. The molecule has 5 aliphatic rings. The van der Waals surface area contributed by atoms with Crippen molar-refractivity contribution in [2.24, 2.45) is 28.1 Å². The first-order valence-corrected chi connectivity index (χ1v) is 21.4. The van der Waals surface area contributed by atoms with E-state index in [0.29, 0.717) is 38.6 Å². The number of amides is 5. The second-order valence-corrected chi connectivity index (χ2v) is 21.7. The van der Waals surface area contributed by atoms with Gasteiger partial charge in [0, 0.05) is 12.5 Å². The summed E-state index contributed by atoms with van der Waals surface area (Å²) in [6.07, 6.45) is 15.2. The van der Waals surface area contributed by atoms with Crippen LogP contribution in [0.25, 0.3) is 0 Å². The molecule has 5 fully saturated rings. The maximum absolute atomic E-state index is 15.0. The van der Waals surface area contributed by atoms with Crippen molar-refractivity contribution in [2.45, 2.75) is 160 Å². The average molecular weight is 758 g/mol. The standard InChI is InChI=1S/C40H63N5O7S/c1-9-22-41-33(48)29(46)27(23-26-16-17-26)42-32(47)28-30-37(5,6)39(30,8)24-45(28)34(49)31(38(7)18-12-10-13-19-38)43-35(50)44-40(20-14-11-15-21-40)25-53(51,52)36(2,3)4/h1,26-28,30-31H,10-25H2,2-8H3,(H,41,48)(H,42,47)(H2,43,44,50)/t27?,28?,30?,31-,39?/m1/s1. The molecule has 5 rings (SSSR count). The van der Waals surface area contributed by atoms with Gasteiger partial charge in [0.05, 0.1) is 28.6 Å². The maximum Gasteiger partial charge on any atom is 0.315 e. The van der Waals surface area contributed by atoms with Crippen LogP contribution >= 0.6 is 0 Å². The fourth-order valence-electron chi connectivity index (χ4n) is 9.73. The zero-order valence-electron chi connectivity index (χ0n) is 33.0. The van der Waals surface area contributed by atoms with E-state index in [0.717, 1.165) is 51.4 Å². The van der Waals surface area contributed by atoms with Crippen LogP contribution in [0.3, 0.4) is 0 Å². The quantitative estimate of drug-likeness (QED) is 0.163. The zero-order chi connectivity index (χ0) is 39.2. The first-order valence-electron chi connectivity index (χ1n) is 19.8. The third kappa shape index (κ3) is 8.28. The number of hydrogen-bond acceptors (Lipinski definition) is 7. The van der Waals surface area contributed by atoms with E-state index >= 15 is 4.79 Å². The molecule has 53 heavy (non-hydrogen) atoms. The second-order valence-electron chi connectivity index (χ2n) is 19.0. The minimum absolute atomic E-state index is 0.109. The molecule has 0 aromatic rings. The number of piperidine rings is 1. The van der Waals surface area contributed by atoms with Crippen molar-refractivity contribution in [3.05, 3.63) is 0 Å². The fourth-order valence-corrected chi connectivity index (χ4v) is 11.2. The van der Waals surface area contributed by atoms with Crippen LogP contribution in [0.15, 0.2) is 0 Å². The number of terminal acetylenes is 1. The summed E-state index contributed by atoms with van der Waals surface area (Å²) >= 11 is 0. The van der Waals surface area contributed by atoms with Crippen LogP contribution in [-0.4, -0.2) is 90.1 Å². The summed E-state index contributed by atoms with van der Waals surface area (Å²) in [5.41, 5.74) is -2.21. The van der Waals surface area contributed by atoms with Gasteiger partial charge in [-0.2, -0.15) is 0 Å². The van der Waals surface area contributed by atoms with Crippen molar-refractivity contribution >= 4 is 39.4 Å². The molecule has 1 heterocycles. The molecule has 0 bridgehead atoms. The summed E-state index contributed by atoms with van der Waals surface area (Å²) in [6, 6.07) is -3.51. The largest absolute Gasteiger partial charge is 0.344 e. The Hall–Kier alpha value is -3.14. The molecule has 0 spiro atoms. The summed E-state index contributed by atoms with van der Waals surface area (Å²) in [6.45, 7) is 13.5. The minimum Gasteiger partial charge on any atom is -0.344 e. The number of rotatable bonds is 13. The number of Topliss-reactive ketones (excluding diaryl/α,β-unsaturated/α-hetero) is 1. The lowest BCUT2D eigenvalue weighted by molar-refractivity contribution is -0.146. The van der Waals surface area contributed by atoms with Gasteiger partial charge in [0.1, 0.15) is 12.1 Å². The topological polar surface area (TPSA) is 171 Å². The van der Waals surface area contributed by atoms with Gasteiger partial charge in [-0.25, -0.2) is 13.2 Å². The molecule has 12 nitrogen and oxygen atoms in total. The van der Waals surface area contributed by atoms with E-state index in [1.807, 2.05) is 6.92 Å². The lowest BCUT2D eigenvalue weighted by atomic mass is 9.70. The highest BCUT2D eigenvalue weighted by molar-refractivity contribution is 7.92. The molecule has 4 unspecified atom stereocenters. The monoisotopic (exact) mass is 757 g/mol. The summed E-state index contributed by atoms with van der Waals surface area (Å²) in [5.74, 6) is -0.318. The van der Waals surface area contributed by atoms with Crippen LogP contribution in [0.4, 0.5) is 4.79 Å². The van der Waals surface area contributed by atoms with Gasteiger partial charge >= 0.3 is 6.03 Å². The molecule has 13 heteroatoms. The van der Waals surface area contributed by atoms with Crippen LogP contribution in [0.5, 0.6) is 0 Å². The van der Waals surface area contributed by atoms with Crippen LogP contribution in [-0.2, 0) is 29.0 Å². The predicted octanol–water partition coefficient (Wildman–Crippen LogP) is 4.02. The number of likely N-dealkylation sites (tertiary alicyclic amines) is 1. The van der Waals surface area contributed by atoms with E-state index in [1.54, 1.807) is 25.7 Å². The summed E-state index contributed by atoms with van der Waals surface area (Å²) in [7, 11) is -3.58. The molecule has 4 aliphatic carbocycles. The molecule has 0 aromatic heterocycles. The van der Waals surface area contributed by atoms with Crippen molar-refractivity contribution in [3.63, 3.8) is 0 Å². The Morgan fingerprint density at radius 3 is 2.02 bits per heavy atom. The predicted molar refractivity (Wildman–Crippen MR) is 203 cm³/mol. The molecule has 5 amide bonds. The number of fused-ring (bicyclic) bond motifs is 1. The third-order valence-electron chi connectivity index (χ3n) is 13.8. The van der Waals surface area contributed by atoms with E-state index < -0.39 is 67.3 Å².